The highest BCUT2D eigenvalue weighted by Crippen LogP contribution is 2.30. The van der Waals surface area contributed by atoms with Crippen LogP contribution >= 0.6 is 0 Å². The summed E-state index contributed by atoms with van der Waals surface area (Å²) in [7, 11) is 0. The number of pyridine rings is 1. The quantitative estimate of drug-likeness (QED) is 0.608. The van der Waals surface area contributed by atoms with Gasteiger partial charge >= 0.3 is 0 Å². The minimum Gasteiger partial charge on any atom is -0.296 e. The first-order valence-electron chi connectivity index (χ1n) is 7.92. The molecule has 114 valence electrons. The third-order valence-corrected chi connectivity index (χ3v) is 3.89. The molecular weight excluding hydrogens is 282 g/mol. The highest BCUT2D eigenvalue weighted by atomic mass is 16.1. The lowest BCUT2D eigenvalue weighted by Crippen LogP contribution is -1.94. The van der Waals surface area contributed by atoms with Crippen molar-refractivity contribution < 1.29 is 4.79 Å². The van der Waals surface area contributed by atoms with Gasteiger partial charge in [-0.05, 0) is 29.7 Å². The Labute approximate surface area is 136 Å². The van der Waals surface area contributed by atoms with Gasteiger partial charge in [0, 0.05) is 11.1 Å². The number of nitrogens with zero attached hydrogens (tertiary/aromatic N) is 1. The SMILES string of the molecule is CCCc1ccc(-c2ccc(C=O)nc2-c2ccccc2)cc1. The number of aryl methyl sites for hydroxylation is 1. The van der Waals surface area contributed by atoms with Gasteiger partial charge in [-0.25, -0.2) is 4.98 Å². The lowest BCUT2D eigenvalue weighted by atomic mass is 9.97. The van der Waals surface area contributed by atoms with E-state index in [1.807, 2.05) is 36.4 Å². The van der Waals surface area contributed by atoms with Gasteiger partial charge in [-0.15, -0.1) is 0 Å². The molecule has 0 saturated heterocycles. The third-order valence-electron chi connectivity index (χ3n) is 3.89. The largest absolute Gasteiger partial charge is 0.296 e. The van der Waals surface area contributed by atoms with E-state index in [2.05, 4.69) is 36.2 Å². The van der Waals surface area contributed by atoms with Crippen LogP contribution in [0.3, 0.4) is 0 Å². The minimum absolute atomic E-state index is 0.454. The Hall–Kier alpha value is -2.74. The van der Waals surface area contributed by atoms with E-state index in [0.717, 1.165) is 41.5 Å². The summed E-state index contributed by atoms with van der Waals surface area (Å²) in [5.41, 5.74) is 5.82. The van der Waals surface area contributed by atoms with Crippen LogP contribution in [-0.2, 0) is 6.42 Å². The summed E-state index contributed by atoms with van der Waals surface area (Å²) in [5.74, 6) is 0. The smallest absolute Gasteiger partial charge is 0.168 e. The van der Waals surface area contributed by atoms with Crippen LogP contribution in [0.15, 0.2) is 66.7 Å². The zero-order chi connectivity index (χ0) is 16.1. The maximum Gasteiger partial charge on any atom is 0.168 e. The summed E-state index contributed by atoms with van der Waals surface area (Å²) in [5, 5.41) is 0. The minimum atomic E-state index is 0.454. The van der Waals surface area contributed by atoms with E-state index >= 15 is 0 Å². The van der Waals surface area contributed by atoms with Crippen LogP contribution in [0.1, 0.15) is 29.4 Å². The van der Waals surface area contributed by atoms with Gasteiger partial charge in [0.1, 0.15) is 5.69 Å². The molecule has 0 saturated carbocycles. The molecule has 1 heterocycles. The molecule has 2 nitrogen and oxygen atoms in total. The normalized spacial score (nSPS) is 10.5. The van der Waals surface area contributed by atoms with Gasteiger partial charge in [0.15, 0.2) is 6.29 Å². The van der Waals surface area contributed by atoms with Crippen LogP contribution in [0, 0.1) is 0 Å². The van der Waals surface area contributed by atoms with Crippen molar-refractivity contribution in [3.63, 3.8) is 0 Å². The molecule has 0 amide bonds. The summed E-state index contributed by atoms with van der Waals surface area (Å²) in [4.78, 5) is 15.6. The molecular formula is C21H19NO. The molecule has 0 aliphatic carbocycles. The van der Waals surface area contributed by atoms with E-state index in [1.54, 1.807) is 6.07 Å². The van der Waals surface area contributed by atoms with Crippen molar-refractivity contribution in [2.24, 2.45) is 0 Å². The van der Waals surface area contributed by atoms with Crippen molar-refractivity contribution in [2.75, 3.05) is 0 Å². The number of carbonyl (C=O) groups excluding carboxylic acids is 1. The van der Waals surface area contributed by atoms with Gasteiger partial charge in [-0.2, -0.15) is 0 Å². The van der Waals surface area contributed by atoms with E-state index in [-0.39, 0.29) is 0 Å². The summed E-state index contributed by atoms with van der Waals surface area (Å²) in [6, 6.07) is 22.3. The Kier molecular flexibility index (Phi) is 4.62. The average molecular weight is 301 g/mol. The standard InChI is InChI=1S/C21H19NO/c1-2-6-16-9-11-17(12-10-16)20-14-13-19(15-23)22-21(20)18-7-4-3-5-8-18/h3-5,7-15H,2,6H2,1H3. The van der Waals surface area contributed by atoms with E-state index in [4.69, 9.17) is 0 Å². The molecule has 1 aromatic heterocycles. The Bertz CT molecular complexity index is 792. The molecule has 0 aliphatic heterocycles. The summed E-state index contributed by atoms with van der Waals surface area (Å²) in [6.45, 7) is 2.18. The summed E-state index contributed by atoms with van der Waals surface area (Å²) in [6.07, 6.45) is 3.03. The van der Waals surface area contributed by atoms with Crippen LogP contribution in [-0.4, -0.2) is 11.3 Å². The second kappa shape index (κ2) is 7.01. The fraction of sp³-hybridized carbons (Fsp3) is 0.143. The predicted octanol–water partition coefficient (Wildman–Crippen LogP) is 5.18. The van der Waals surface area contributed by atoms with Crippen LogP contribution in [0.5, 0.6) is 0 Å². The van der Waals surface area contributed by atoms with Crippen molar-refractivity contribution in [3.8, 4) is 22.4 Å². The number of aldehydes is 1. The second-order valence-electron chi connectivity index (χ2n) is 5.56. The number of hydrogen-bond acceptors (Lipinski definition) is 2. The zero-order valence-electron chi connectivity index (χ0n) is 13.2. The molecule has 2 heteroatoms. The first-order valence-corrected chi connectivity index (χ1v) is 7.92. The molecule has 0 fully saturated rings. The first-order chi connectivity index (χ1) is 11.3. The summed E-state index contributed by atoms with van der Waals surface area (Å²) < 4.78 is 0. The highest BCUT2D eigenvalue weighted by Gasteiger charge is 2.10. The Morgan fingerprint density at radius 3 is 2.26 bits per heavy atom. The molecule has 23 heavy (non-hydrogen) atoms. The monoisotopic (exact) mass is 301 g/mol. The van der Waals surface area contributed by atoms with E-state index < -0.39 is 0 Å². The topological polar surface area (TPSA) is 30.0 Å². The van der Waals surface area contributed by atoms with Gasteiger partial charge < -0.3 is 0 Å². The number of benzene rings is 2. The molecule has 0 unspecified atom stereocenters. The van der Waals surface area contributed by atoms with Crippen LogP contribution in [0.4, 0.5) is 0 Å². The molecule has 2 aromatic carbocycles. The molecule has 3 rings (SSSR count). The van der Waals surface area contributed by atoms with Gasteiger partial charge in [0.25, 0.3) is 0 Å². The van der Waals surface area contributed by atoms with E-state index in [0.29, 0.717) is 5.69 Å². The van der Waals surface area contributed by atoms with Crippen molar-refractivity contribution in [1.82, 2.24) is 4.98 Å². The predicted molar refractivity (Wildman–Crippen MR) is 94.5 cm³/mol. The number of hydrogen-bond donors (Lipinski definition) is 0. The van der Waals surface area contributed by atoms with Gasteiger partial charge in [-0.3, -0.25) is 4.79 Å². The van der Waals surface area contributed by atoms with Crippen molar-refractivity contribution in [1.29, 1.82) is 0 Å². The third kappa shape index (κ3) is 3.37. The fourth-order valence-corrected chi connectivity index (χ4v) is 2.73. The van der Waals surface area contributed by atoms with Crippen LogP contribution < -0.4 is 0 Å². The highest BCUT2D eigenvalue weighted by molar-refractivity contribution is 5.84. The molecule has 0 spiro atoms. The van der Waals surface area contributed by atoms with Crippen LogP contribution in [0.2, 0.25) is 0 Å². The lowest BCUT2D eigenvalue weighted by molar-refractivity contribution is 0.111. The number of aromatic nitrogens is 1. The van der Waals surface area contributed by atoms with Crippen molar-refractivity contribution in [3.05, 3.63) is 78.0 Å². The molecule has 0 bridgehead atoms. The Morgan fingerprint density at radius 1 is 0.870 bits per heavy atom. The number of rotatable bonds is 5. The molecule has 0 radical (unpaired) electrons. The Morgan fingerprint density at radius 2 is 1.61 bits per heavy atom. The number of carbonyl (C=O) groups is 1. The van der Waals surface area contributed by atoms with Gasteiger partial charge in [0.2, 0.25) is 0 Å². The lowest BCUT2D eigenvalue weighted by Gasteiger charge is -2.11. The molecule has 0 aliphatic rings. The average Bonchev–Trinajstić information content (AvgIpc) is 2.63. The van der Waals surface area contributed by atoms with Crippen molar-refractivity contribution in [2.45, 2.75) is 19.8 Å². The maximum absolute atomic E-state index is 11.1. The van der Waals surface area contributed by atoms with E-state index in [9.17, 15) is 4.79 Å². The molecule has 0 atom stereocenters. The van der Waals surface area contributed by atoms with Gasteiger partial charge in [-0.1, -0.05) is 67.9 Å². The summed E-state index contributed by atoms with van der Waals surface area (Å²) >= 11 is 0. The van der Waals surface area contributed by atoms with Crippen molar-refractivity contribution >= 4 is 6.29 Å². The Balaban J connectivity index is 2.09. The van der Waals surface area contributed by atoms with E-state index in [1.165, 1.54) is 5.56 Å². The first kappa shape index (κ1) is 15.2. The molecule has 3 aromatic rings. The fourth-order valence-electron chi connectivity index (χ4n) is 2.73. The van der Waals surface area contributed by atoms with Crippen LogP contribution in [0.25, 0.3) is 22.4 Å². The van der Waals surface area contributed by atoms with Gasteiger partial charge in [0.05, 0.1) is 5.69 Å². The second-order valence-corrected chi connectivity index (χ2v) is 5.56. The maximum atomic E-state index is 11.1. The molecule has 0 N–H and O–H groups in total. The zero-order valence-corrected chi connectivity index (χ0v) is 13.2.